The molecule has 0 unspecified atom stereocenters. The minimum atomic E-state index is -0.120. The van der Waals surface area contributed by atoms with Gasteiger partial charge in [0.05, 0.1) is 17.6 Å². The van der Waals surface area contributed by atoms with Crippen molar-refractivity contribution in [2.75, 3.05) is 26.7 Å². The van der Waals surface area contributed by atoms with E-state index in [9.17, 15) is 4.79 Å². The number of para-hydroxylation sites is 1. The average Bonchev–Trinajstić information content (AvgIpc) is 3.38. The van der Waals surface area contributed by atoms with Gasteiger partial charge in [-0.3, -0.25) is 9.69 Å². The zero-order valence-corrected chi connectivity index (χ0v) is 19.6. The van der Waals surface area contributed by atoms with Crippen LogP contribution in [0, 0.1) is 0 Å². The van der Waals surface area contributed by atoms with Gasteiger partial charge in [-0.05, 0) is 36.9 Å². The van der Waals surface area contributed by atoms with Gasteiger partial charge in [0.15, 0.2) is 0 Å². The van der Waals surface area contributed by atoms with Gasteiger partial charge in [0.2, 0.25) is 0 Å². The lowest BCUT2D eigenvalue weighted by Crippen LogP contribution is -2.38. The van der Waals surface area contributed by atoms with Crippen LogP contribution in [0.25, 0.3) is 21.0 Å². The molecule has 0 saturated carbocycles. The fourth-order valence-electron chi connectivity index (χ4n) is 4.76. The van der Waals surface area contributed by atoms with Crippen molar-refractivity contribution in [2.24, 2.45) is 0 Å². The Bertz CT molecular complexity index is 1270. The summed E-state index contributed by atoms with van der Waals surface area (Å²) >= 11 is 1.55. The Hall–Kier alpha value is -2.67. The van der Waals surface area contributed by atoms with Crippen molar-refractivity contribution in [3.8, 4) is 0 Å². The van der Waals surface area contributed by atoms with E-state index in [-0.39, 0.29) is 12.0 Å². The Morgan fingerprint density at radius 1 is 1.16 bits per heavy atom. The van der Waals surface area contributed by atoms with Gasteiger partial charge >= 0.3 is 0 Å². The number of nitrogens with zero attached hydrogens (tertiary/aromatic N) is 2. The zero-order valence-electron chi connectivity index (χ0n) is 18.8. The quantitative estimate of drug-likeness (QED) is 0.447. The molecule has 1 aliphatic rings. The summed E-state index contributed by atoms with van der Waals surface area (Å²) in [6.07, 6.45) is 2.18. The van der Waals surface area contributed by atoms with Crippen LogP contribution < -0.4 is 5.32 Å². The van der Waals surface area contributed by atoms with Crippen molar-refractivity contribution >= 4 is 38.2 Å². The first kappa shape index (κ1) is 21.2. The smallest absolute Gasteiger partial charge is 0.261 e. The van der Waals surface area contributed by atoms with Crippen molar-refractivity contribution in [1.82, 2.24) is 14.8 Å². The molecule has 32 heavy (non-hydrogen) atoms. The van der Waals surface area contributed by atoms with E-state index in [2.05, 4.69) is 71.2 Å². The Morgan fingerprint density at radius 3 is 2.69 bits per heavy atom. The molecule has 3 heterocycles. The van der Waals surface area contributed by atoms with Crippen LogP contribution in [0.5, 0.6) is 0 Å². The number of thiophene rings is 1. The van der Waals surface area contributed by atoms with Gasteiger partial charge in [-0.15, -0.1) is 11.3 Å². The Morgan fingerprint density at radius 2 is 1.91 bits per heavy atom. The number of aromatic nitrogens is 1. The first-order valence-electron chi connectivity index (χ1n) is 11.2. The maximum Gasteiger partial charge on any atom is 0.261 e. The topological polar surface area (TPSA) is 46.5 Å². The number of ether oxygens (including phenoxy) is 1. The second-order valence-electron chi connectivity index (χ2n) is 8.69. The van der Waals surface area contributed by atoms with Crippen LogP contribution in [0.4, 0.5) is 0 Å². The molecule has 1 aliphatic heterocycles. The average molecular weight is 448 g/mol. The summed E-state index contributed by atoms with van der Waals surface area (Å²) in [7, 11) is 1.69. The number of rotatable bonds is 5. The highest BCUT2D eigenvalue weighted by molar-refractivity contribution is 7.21. The molecule has 5 nitrogen and oxygen atoms in total. The van der Waals surface area contributed by atoms with E-state index in [1.165, 1.54) is 16.5 Å². The van der Waals surface area contributed by atoms with Gasteiger partial charge in [0, 0.05) is 60.1 Å². The molecule has 1 saturated heterocycles. The number of carbonyl (C=O) groups excluding carboxylic acids is 1. The van der Waals surface area contributed by atoms with Crippen molar-refractivity contribution in [3.05, 3.63) is 70.7 Å². The van der Waals surface area contributed by atoms with E-state index in [4.69, 9.17) is 4.74 Å². The molecule has 2 aromatic carbocycles. The molecule has 2 aromatic heterocycles. The van der Waals surface area contributed by atoms with E-state index in [1.54, 1.807) is 18.4 Å². The Kier molecular flexibility index (Phi) is 5.76. The normalized spacial score (nSPS) is 17.4. The maximum absolute atomic E-state index is 12.7. The third-order valence-electron chi connectivity index (χ3n) is 6.31. The first-order valence-corrected chi connectivity index (χ1v) is 12.0. The van der Waals surface area contributed by atoms with Crippen LogP contribution >= 0.6 is 11.3 Å². The van der Waals surface area contributed by atoms with Gasteiger partial charge in [-0.1, -0.05) is 36.4 Å². The van der Waals surface area contributed by atoms with Gasteiger partial charge < -0.3 is 14.6 Å². The molecule has 166 valence electrons. The predicted octanol–water partition coefficient (Wildman–Crippen LogP) is 5.37. The molecule has 0 aliphatic carbocycles. The zero-order chi connectivity index (χ0) is 22.2. The van der Waals surface area contributed by atoms with Crippen molar-refractivity contribution < 1.29 is 9.53 Å². The van der Waals surface area contributed by atoms with E-state index in [0.717, 1.165) is 40.2 Å². The van der Waals surface area contributed by atoms with Crippen LogP contribution in [-0.4, -0.2) is 42.1 Å². The molecule has 1 amide bonds. The summed E-state index contributed by atoms with van der Waals surface area (Å²) in [5.74, 6) is -0.0399. The van der Waals surface area contributed by atoms with Gasteiger partial charge in [-0.25, -0.2) is 0 Å². The second-order valence-corrected chi connectivity index (χ2v) is 9.74. The van der Waals surface area contributed by atoms with Crippen molar-refractivity contribution in [2.45, 2.75) is 32.5 Å². The number of nitrogens with one attached hydrogen (secondary N) is 1. The molecule has 0 radical (unpaired) electrons. The largest absolute Gasteiger partial charge is 0.371 e. The number of hydrogen-bond donors (Lipinski definition) is 1. The molecule has 0 spiro atoms. The summed E-state index contributed by atoms with van der Waals surface area (Å²) < 4.78 is 9.73. The van der Waals surface area contributed by atoms with Crippen LogP contribution in [0.15, 0.2) is 54.7 Å². The summed E-state index contributed by atoms with van der Waals surface area (Å²) in [4.78, 5) is 15.9. The van der Waals surface area contributed by atoms with Crippen LogP contribution in [0.2, 0.25) is 0 Å². The van der Waals surface area contributed by atoms with Crippen molar-refractivity contribution in [1.29, 1.82) is 0 Å². The number of benzene rings is 2. The van der Waals surface area contributed by atoms with Gasteiger partial charge in [0.25, 0.3) is 5.91 Å². The molecule has 6 heteroatoms. The van der Waals surface area contributed by atoms with E-state index in [1.807, 2.05) is 12.1 Å². The lowest BCUT2D eigenvalue weighted by atomic mass is 10.0. The fourth-order valence-corrected chi connectivity index (χ4v) is 5.96. The lowest BCUT2D eigenvalue weighted by molar-refractivity contribution is -0.0322. The number of morpholine rings is 1. The fraction of sp³-hybridized carbons (Fsp3) is 0.346. The highest BCUT2D eigenvalue weighted by atomic mass is 32.1. The van der Waals surface area contributed by atoms with E-state index in [0.29, 0.717) is 12.6 Å². The Balaban J connectivity index is 1.47. The number of hydrogen-bond acceptors (Lipinski definition) is 4. The van der Waals surface area contributed by atoms with Crippen LogP contribution in [0.3, 0.4) is 0 Å². The summed E-state index contributed by atoms with van der Waals surface area (Å²) in [6.45, 7) is 7.63. The van der Waals surface area contributed by atoms with Crippen molar-refractivity contribution in [3.63, 3.8) is 0 Å². The highest BCUT2D eigenvalue weighted by Gasteiger charge is 2.30. The molecule has 0 bridgehead atoms. The van der Waals surface area contributed by atoms with Crippen LogP contribution in [-0.2, 0) is 11.3 Å². The minimum absolute atomic E-state index is 0.0399. The number of amides is 1. The highest BCUT2D eigenvalue weighted by Crippen LogP contribution is 2.38. The summed E-state index contributed by atoms with van der Waals surface area (Å²) in [5.41, 5.74) is 3.66. The molecule has 4 aromatic rings. The number of fused-ring (bicyclic) bond motifs is 2. The minimum Gasteiger partial charge on any atom is -0.371 e. The van der Waals surface area contributed by atoms with Gasteiger partial charge in [-0.2, -0.15) is 0 Å². The molecule has 1 N–H and O–H groups in total. The third-order valence-corrected chi connectivity index (χ3v) is 7.50. The summed E-state index contributed by atoms with van der Waals surface area (Å²) in [6, 6.07) is 17.3. The summed E-state index contributed by atoms with van der Waals surface area (Å²) in [5, 5.41) is 5.25. The molecule has 1 atom stereocenters. The molecule has 1 fully saturated rings. The predicted molar refractivity (Wildman–Crippen MR) is 132 cm³/mol. The SMILES string of the molecule is CNC(=O)c1sc2ccccc2c1[C@H]1CN(Cc2cn(C(C)C)c3ccccc23)CCO1. The third kappa shape index (κ3) is 3.72. The van der Waals surface area contributed by atoms with E-state index >= 15 is 0 Å². The van der Waals surface area contributed by atoms with Gasteiger partial charge in [0.1, 0.15) is 0 Å². The monoisotopic (exact) mass is 447 g/mol. The molecular formula is C26H29N3O2S. The second kappa shape index (κ2) is 8.70. The lowest BCUT2D eigenvalue weighted by Gasteiger charge is -2.33. The molecular weight excluding hydrogens is 418 g/mol. The first-order chi connectivity index (χ1) is 15.6. The molecule has 5 rings (SSSR count). The van der Waals surface area contributed by atoms with E-state index < -0.39 is 0 Å². The van der Waals surface area contributed by atoms with Crippen LogP contribution in [0.1, 0.15) is 46.8 Å². The Labute approximate surface area is 192 Å². The number of carbonyl (C=O) groups is 1. The maximum atomic E-state index is 12.7. The standard InChI is InChI=1S/C26H29N3O2S/c1-17(2)29-15-18(19-8-4-6-10-21(19)29)14-28-12-13-31-22(16-28)24-20-9-5-7-11-23(20)32-25(24)26(30)27-3/h4-11,15,17,22H,12-14,16H2,1-3H3,(H,27,30)/t22-/m1/s1.